The Labute approximate surface area is 127 Å². The number of anilines is 1. The van der Waals surface area contributed by atoms with Crippen LogP contribution in [-0.2, 0) is 10.0 Å². The quantitative estimate of drug-likeness (QED) is 0.883. The second kappa shape index (κ2) is 5.51. The molecule has 0 aliphatic rings. The van der Waals surface area contributed by atoms with Gasteiger partial charge in [-0.2, -0.15) is 5.26 Å². The van der Waals surface area contributed by atoms with Crippen LogP contribution in [0.5, 0.6) is 0 Å². The van der Waals surface area contributed by atoms with E-state index in [1.807, 2.05) is 6.07 Å². The van der Waals surface area contributed by atoms with Crippen LogP contribution in [0, 0.1) is 11.3 Å². The molecule has 0 spiro atoms. The fraction of sp³-hybridized carbons (Fsp3) is 0. The summed E-state index contributed by atoms with van der Waals surface area (Å²) in [5.74, 6) is 0. The fourth-order valence-electron chi connectivity index (χ4n) is 1.34. The summed E-state index contributed by atoms with van der Waals surface area (Å²) in [6.45, 7) is 0. The molecule has 1 aromatic carbocycles. The third-order valence-corrected chi connectivity index (χ3v) is 5.88. The number of thiophene rings is 1. The molecule has 0 aliphatic carbocycles. The zero-order valence-electron chi connectivity index (χ0n) is 9.22. The molecule has 0 atom stereocenters. The van der Waals surface area contributed by atoms with Gasteiger partial charge in [0.15, 0.2) is 0 Å². The van der Waals surface area contributed by atoms with Gasteiger partial charge in [0, 0.05) is 5.02 Å². The lowest BCUT2D eigenvalue weighted by molar-refractivity contribution is 0.603. The van der Waals surface area contributed by atoms with Crippen molar-refractivity contribution in [3.63, 3.8) is 0 Å². The summed E-state index contributed by atoms with van der Waals surface area (Å²) in [6.07, 6.45) is 0. The molecule has 98 valence electrons. The van der Waals surface area contributed by atoms with E-state index in [9.17, 15) is 8.42 Å². The lowest BCUT2D eigenvalue weighted by Gasteiger charge is -2.08. The van der Waals surface area contributed by atoms with E-state index in [1.54, 1.807) is 6.07 Å². The Bertz CT molecular complexity index is 765. The first-order chi connectivity index (χ1) is 8.92. The molecule has 2 rings (SSSR count). The Kier molecular flexibility index (Phi) is 4.16. The maximum atomic E-state index is 12.1. The maximum Gasteiger partial charge on any atom is 0.271 e. The van der Waals surface area contributed by atoms with Crippen LogP contribution in [0.2, 0.25) is 5.02 Å². The van der Waals surface area contributed by atoms with E-state index < -0.39 is 10.0 Å². The zero-order chi connectivity index (χ0) is 14.0. The monoisotopic (exact) mass is 376 g/mol. The smallest absolute Gasteiger partial charge is 0.271 e. The van der Waals surface area contributed by atoms with Gasteiger partial charge in [-0.1, -0.05) is 11.6 Å². The first kappa shape index (κ1) is 14.3. The molecule has 0 aliphatic heterocycles. The second-order valence-corrected chi connectivity index (χ2v) is 8.27. The molecule has 1 N–H and O–H groups in total. The van der Waals surface area contributed by atoms with Crippen LogP contribution in [0.4, 0.5) is 5.69 Å². The van der Waals surface area contributed by atoms with Gasteiger partial charge in [0.25, 0.3) is 10.0 Å². The molecule has 19 heavy (non-hydrogen) atoms. The van der Waals surface area contributed by atoms with Crippen molar-refractivity contribution < 1.29 is 8.42 Å². The Morgan fingerprint density at radius 1 is 1.32 bits per heavy atom. The largest absolute Gasteiger partial charge is 0.278 e. The molecule has 0 fully saturated rings. The molecule has 4 nitrogen and oxygen atoms in total. The van der Waals surface area contributed by atoms with E-state index in [0.29, 0.717) is 8.81 Å². The van der Waals surface area contributed by atoms with E-state index >= 15 is 0 Å². The first-order valence-corrected chi connectivity index (χ1v) is 8.37. The molecule has 0 radical (unpaired) electrons. The Balaban J connectivity index is 2.41. The molecular weight excluding hydrogens is 372 g/mol. The van der Waals surface area contributed by atoms with Crippen LogP contribution < -0.4 is 4.72 Å². The van der Waals surface area contributed by atoms with Crippen molar-refractivity contribution >= 4 is 54.6 Å². The van der Waals surface area contributed by atoms with Gasteiger partial charge in [0.1, 0.15) is 10.3 Å². The Morgan fingerprint density at radius 3 is 2.63 bits per heavy atom. The molecular formula is C11H6BrClN2O2S2. The van der Waals surface area contributed by atoms with Crippen molar-refractivity contribution in [2.45, 2.75) is 4.21 Å². The highest BCUT2D eigenvalue weighted by molar-refractivity contribution is 9.11. The van der Waals surface area contributed by atoms with Gasteiger partial charge in [-0.3, -0.25) is 4.72 Å². The van der Waals surface area contributed by atoms with Gasteiger partial charge >= 0.3 is 0 Å². The standard InChI is InChI=1S/C11H6BrClN2O2S2/c12-10-3-4-11(18-10)19(16,17)15-9-5-8(13)2-1-7(9)6-14/h1-5,15H. The molecule has 0 saturated carbocycles. The average molecular weight is 378 g/mol. The van der Waals surface area contributed by atoms with Crippen molar-refractivity contribution in [3.8, 4) is 6.07 Å². The number of hydrogen-bond acceptors (Lipinski definition) is 4. The van der Waals surface area contributed by atoms with Gasteiger partial charge in [-0.15, -0.1) is 11.3 Å². The number of rotatable bonds is 3. The van der Waals surface area contributed by atoms with Crippen molar-refractivity contribution in [2.24, 2.45) is 0 Å². The van der Waals surface area contributed by atoms with Crippen molar-refractivity contribution in [2.75, 3.05) is 4.72 Å². The van der Waals surface area contributed by atoms with E-state index in [2.05, 4.69) is 20.7 Å². The van der Waals surface area contributed by atoms with Crippen LogP contribution >= 0.6 is 38.9 Å². The lowest BCUT2D eigenvalue weighted by Crippen LogP contribution is -2.12. The second-order valence-electron chi connectivity index (χ2n) is 3.47. The number of halogens is 2. The number of benzene rings is 1. The normalized spacial score (nSPS) is 11.0. The summed E-state index contributed by atoms with van der Waals surface area (Å²) in [5.41, 5.74) is 0.378. The van der Waals surface area contributed by atoms with Crippen molar-refractivity contribution in [1.82, 2.24) is 0 Å². The summed E-state index contributed by atoms with van der Waals surface area (Å²) in [7, 11) is -3.71. The molecule has 8 heteroatoms. The molecule has 0 saturated heterocycles. The number of nitrogens with zero attached hydrogens (tertiary/aromatic N) is 1. The van der Waals surface area contributed by atoms with E-state index in [-0.39, 0.29) is 15.5 Å². The van der Waals surface area contributed by atoms with E-state index in [4.69, 9.17) is 16.9 Å². The predicted molar refractivity (Wildman–Crippen MR) is 79.0 cm³/mol. The summed E-state index contributed by atoms with van der Waals surface area (Å²) >= 11 is 10.1. The molecule has 0 amide bonds. The van der Waals surface area contributed by atoms with Gasteiger partial charge in [-0.25, -0.2) is 8.42 Å². The van der Waals surface area contributed by atoms with Gasteiger partial charge in [-0.05, 0) is 46.3 Å². The third-order valence-electron chi connectivity index (χ3n) is 2.16. The van der Waals surface area contributed by atoms with Crippen LogP contribution in [0.3, 0.4) is 0 Å². The van der Waals surface area contributed by atoms with Gasteiger partial charge < -0.3 is 0 Å². The number of nitrogens with one attached hydrogen (secondary N) is 1. The highest BCUT2D eigenvalue weighted by atomic mass is 79.9. The number of hydrogen-bond donors (Lipinski definition) is 1. The predicted octanol–water partition coefficient (Wildman–Crippen LogP) is 3.84. The minimum atomic E-state index is -3.71. The van der Waals surface area contributed by atoms with Crippen LogP contribution in [0.1, 0.15) is 5.56 Å². The molecule has 1 heterocycles. The lowest BCUT2D eigenvalue weighted by atomic mass is 10.2. The van der Waals surface area contributed by atoms with Crippen LogP contribution in [0.15, 0.2) is 38.3 Å². The van der Waals surface area contributed by atoms with Crippen molar-refractivity contribution in [3.05, 3.63) is 44.7 Å². The van der Waals surface area contributed by atoms with Crippen LogP contribution in [-0.4, -0.2) is 8.42 Å². The minimum Gasteiger partial charge on any atom is -0.278 e. The SMILES string of the molecule is N#Cc1ccc(Cl)cc1NS(=O)(=O)c1ccc(Br)s1. The summed E-state index contributed by atoms with van der Waals surface area (Å²) < 4.78 is 27.5. The fourth-order valence-corrected chi connectivity index (χ4v) is 4.59. The third kappa shape index (κ3) is 3.28. The molecule has 0 bridgehead atoms. The summed E-state index contributed by atoms with van der Waals surface area (Å²) in [4.78, 5) is 0. The van der Waals surface area contributed by atoms with Crippen LogP contribution in [0.25, 0.3) is 0 Å². The van der Waals surface area contributed by atoms with E-state index in [0.717, 1.165) is 11.3 Å². The number of sulfonamides is 1. The molecule has 0 unspecified atom stereocenters. The Hall–Kier alpha value is -1.07. The highest BCUT2D eigenvalue weighted by Crippen LogP contribution is 2.29. The first-order valence-electron chi connectivity index (χ1n) is 4.90. The van der Waals surface area contributed by atoms with Gasteiger partial charge in [0.2, 0.25) is 0 Å². The topological polar surface area (TPSA) is 70.0 Å². The molecule has 1 aromatic heterocycles. The Morgan fingerprint density at radius 2 is 2.05 bits per heavy atom. The maximum absolute atomic E-state index is 12.1. The van der Waals surface area contributed by atoms with E-state index in [1.165, 1.54) is 24.3 Å². The zero-order valence-corrected chi connectivity index (χ0v) is 13.2. The summed E-state index contributed by atoms with van der Waals surface area (Å²) in [5, 5.41) is 9.30. The van der Waals surface area contributed by atoms with Gasteiger partial charge in [0.05, 0.1) is 15.0 Å². The number of nitriles is 1. The average Bonchev–Trinajstić information content (AvgIpc) is 2.76. The summed E-state index contributed by atoms with van der Waals surface area (Å²) in [6, 6.07) is 9.43. The van der Waals surface area contributed by atoms with Crippen molar-refractivity contribution in [1.29, 1.82) is 5.26 Å². The molecule has 2 aromatic rings. The minimum absolute atomic E-state index is 0.156. The highest BCUT2D eigenvalue weighted by Gasteiger charge is 2.18.